The van der Waals surface area contributed by atoms with Crippen molar-refractivity contribution in [3.8, 4) is 5.75 Å². The average Bonchev–Trinajstić information content (AvgIpc) is 2.74. The first-order chi connectivity index (χ1) is 13.7. The fourth-order valence-electron chi connectivity index (χ4n) is 3.28. The first kappa shape index (κ1) is 20.3. The molecule has 1 amide bonds. The number of carbonyl (C=O) groups is 1. The Kier molecular flexibility index (Phi) is 7.42. The molecule has 150 valence electrons. The molecule has 2 aromatic carbocycles. The van der Waals surface area contributed by atoms with Crippen molar-refractivity contribution in [2.75, 3.05) is 45.3 Å². The third-order valence-electron chi connectivity index (χ3n) is 4.97. The molecule has 1 aliphatic heterocycles. The summed E-state index contributed by atoms with van der Waals surface area (Å²) < 4.78 is 10.5. The van der Waals surface area contributed by atoms with Gasteiger partial charge in [-0.2, -0.15) is 0 Å². The molecule has 0 saturated carbocycles. The average molecular weight is 383 g/mol. The van der Waals surface area contributed by atoms with E-state index < -0.39 is 0 Å². The van der Waals surface area contributed by atoms with Gasteiger partial charge < -0.3 is 20.1 Å². The van der Waals surface area contributed by atoms with Gasteiger partial charge >= 0.3 is 0 Å². The van der Waals surface area contributed by atoms with Gasteiger partial charge in [-0.1, -0.05) is 12.1 Å². The van der Waals surface area contributed by atoms with E-state index in [0.29, 0.717) is 11.6 Å². The van der Waals surface area contributed by atoms with E-state index in [1.165, 1.54) is 0 Å². The van der Waals surface area contributed by atoms with Crippen LogP contribution in [0, 0.1) is 0 Å². The summed E-state index contributed by atoms with van der Waals surface area (Å²) in [6, 6.07) is 15.5. The maximum atomic E-state index is 12.4. The van der Waals surface area contributed by atoms with E-state index in [1.807, 2.05) is 18.2 Å². The van der Waals surface area contributed by atoms with Crippen LogP contribution in [0.4, 0.5) is 5.69 Å². The van der Waals surface area contributed by atoms with Crippen LogP contribution in [0.3, 0.4) is 0 Å². The van der Waals surface area contributed by atoms with Crippen LogP contribution in [0.2, 0.25) is 0 Å². The number of amides is 1. The van der Waals surface area contributed by atoms with Crippen LogP contribution in [0.15, 0.2) is 48.5 Å². The molecule has 2 aromatic rings. The highest BCUT2D eigenvalue weighted by molar-refractivity contribution is 6.04. The third kappa shape index (κ3) is 5.79. The van der Waals surface area contributed by atoms with Gasteiger partial charge in [-0.05, 0) is 48.9 Å². The Bertz CT molecular complexity index is 758. The first-order valence-corrected chi connectivity index (χ1v) is 9.72. The summed E-state index contributed by atoms with van der Waals surface area (Å²) in [5.41, 5.74) is 2.53. The number of carbonyl (C=O) groups excluding carboxylic acids is 1. The maximum Gasteiger partial charge on any atom is 0.255 e. The molecular weight excluding hydrogens is 354 g/mol. The number of rotatable bonds is 8. The van der Waals surface area contributed by atoms with Crippen LogP contribution in [0.5, 0.6) is 5.75 Å². The molecule has 0 bridgehead atoms. The van der Waals surface area contributed by atoms with Crippen LogP contribution in [-0.2, 0) is 11.3 Å². The number of nitrogens with one attached hydrogen (secondary N) is 2. The SMILES string of the molecule is COc1ccc(C(=O)Nc2cccc(CNCC(C)N3CCOCC3)c2)cc1. The van der Waals surface area contributed by atoms with Crippen molar-refractivity contribution in [2.45, 2.75) is 19.5 Å². The summed E-state index contributed by atoms with van der Waals surface area (Å²) in [5.74, 6) is 0.602. The van der Waals surface area contributed by atoms with Gasteiger partial charge in [0.05, 0.1) is 20.3 Å². The highest BCUT2D eigenvalue weighted by Gasteiger charge is 2.16. The van der Waals surface area contributed by atoms with Gasteiger partial charge in [0.2, 0.25) is 0 Å². The lowest BCUT2D eigenvalue weighted by molar-refractivity contribution is 0.0203. The van der Waals surface area contributed by atoms with Gasteiger partial charge in [-0.3, -0.25) is 9.69 Å². The molecule has 2 N–H and O–H groups in total. The van der Waals surface area contributed by atoms with Gasteiger partial charge in [0, 0.05) is 43.5 Å². The van der Waals surface area contributed by atoms with Crippen molar-refractivity contribution in [1.82, 2.24) is 10.2 Å². The van der Waals surface area contributed by atoms with E-state index in [9.17, 15) is 4.79 Å². The van der Waals surface area contributed by atoms with E-state index in [-0.39, 0.29) is 5.91 Å². The topological polar surface area (TPSA) is 62.8 Å². The third-order valence-corrected chi connectivity index (χ3v) is 4.97. The Balaban J connectivity index is 1.49. The van der Waals surface area contributed by atoms with Crippen LogP contribution in [0.25, 0.3) is 0 Å². The van der Waals surface area contributed by atoms with Crippen molar-refractivity contribution < 1.29 is 14.3 Å². The van der Waals surface area contributed by atoms with Crippen molar-refractivity contribution in [3.05, 3.63) is 59.7 Å². The lowest BCUT2D eigenvalue weighted by Gasteiger charge is -2.32. The molecule has 1 saturated heterocycles. The molecule has 3 rings (SSSR count). The maximum absolute atomic E-state index is 12.4. The van der Waals surface area contributed by atoms with Crippen molar-refractivity contribution in [1.29, 1.82) is 0 Å². The number of hydrogen-bond acceptors (Lipinski definition) is 5. The van der Waals surface area contributed by atoms with E-state index in [0.717, 1.165) is 56.4 Å². The van der Waals surface area contributed by atoms with E-state index in [2.05, 4.69) is 28.5 Å². The van der Waals surface area contributed by atoms with E-state index >= 15 is 0 Å². The molecule has 1 heterocycles. The summed E-state index contributed by atoms with van der Waals surface area (Å²) in [6.07, 6.45) is 0. The monoisotopic (exact) mass is 383 g/mol. The second-order valence-electron chi connectivity index (χ2n) is 7.01. The quantitative estimate of drug-likeness (QED) is 0.734. The molecule has 0 aromatic heterocycles. The highest BCUT2D eigenvalue weighted by atomic mass is 16.5. The minimum absolute atomic E-state index is 0.131. The molecule has 6 nitrogen and oxygen atoms in total. The minimum Gasteiger partial charge on any atom is -0.497 e. The second kappa shape index (κ2) is 10.2. The summed E-state index contributed by atoms with van der Waals surface area (Å²) in [5, 5.41) is 6.47. The second-order valence-corrected chi connectivity index (χ2v) is 7.01. The molecule has 0 spiro atoms. The molecule has 0 radical (unpaired) electrons. The number of benzene rings is 2. The normalized spacial score (nSPS) is 15.8. The van der Waals surface area contributed by atoms with Gasteiger partial charge in [0.25, 0.3) is 5.91 Å². The molecule has 1 aliphatic rings. The number of methoxy groups -OCH3 is 1. The summed E-state index contributed by atoms with van der Waals surface area (Å²) >= 11 is 0. The van der Waals surface area contributed by atoms with Crippen LogP contribution < -0.4 is 15.4 Å². The van der Waals surface area contributed by atoms with E-state index in [4.69, 9.17) is 9.47 Å². The number of anilines is 1. The largest absolute Gasteiger partial charge is 0.497 e. The predicted molar refractivity (Wildman–Crippen MR) is 111 cm³/mol. The van der Waals surface area contributed by atoms with Crippen LogP contribution in [0.1, 0.15) is 22.8 Å². The number of hydrogen-bond donors (Lipinski definition) is 2. The zero-order valence-electron chi connectivity index (χ0n) is 16.6. The lowest BCUT2D eigenvalue weighted by Crippen LogP contribution is -2.46. The molecule has 1 unspecified atom stereocenters. The summed E-state index contributed by atoms with van der Waals surface area (Å²) in [6.45, 7) is 7.55. The molecule has 0 aliphatic carbocycles. The Hall–Kier alpha value is -2.41. The zero-order chi connectivity index (χ0) is 19.8. The molecule has 6 heteroatoms. The summed E-state index contributed by atoms with van der Waals surface area (Å²) in [4.78, 5) is 14.9. The first-order valence-electron chi connectivity index (χ1n) is 9.72. The predicted octanol–water partition coefficient (Wildman–Crippen LogP) is 2.76. The fourth-order valence-corrected chi connectivity index (χ4v) is 3.28. The molecule has 1 atom stereocenters. The van der Waals surface area contributed by atoms with Crippen LogP contribution in [-0.4, -0.2) is 56.8 Å². The van der Waals surface area contributed by atoms with Gasteiger partial charge in [-0.25, -0.2) is 0 Å². The van der Waals surface area contributed by atoms with Crippen molar-refractivity contribution in [2.24, 2.45) is 0 Å². The smallest absolute Gasteiger partial charge is 0.255 e. The standard InChI is InChI=1S/C22H29N3O3/c1-17(25-10-12-28-13-11-25)15-23-16-18-4-3-5-20(14-18)24-22(26)19-6-8-21(27-2)9-7-19/h3-9,14,17,23H,10-13,15-16H2,1-2H3,(H,24,26). The van der Waals surface area contributed by atoms with E-state index in [1.54, 1.807) is 31.4 Å². The Morgan fingerprint density at radius 2 is 1.93 bits per heavy atom. The van der Waals surface area contributed by atoms with Crippen molar-refractivity contribution in [3.63, 3.8) is 0 Å². The minimum atomic E-state index is -0.131. The number of ether oxygens (including phenoxy) is 2. The molecular formula is C22H29N3O3. The molecule has 1 fully saturated rings. The Morgan fingerprint density at radius 1 is 1.18 bits per heavy atom. The van der Waals surface area contributed by atoms with Gasteiger partial charge in [0.15, 0.2) is 0 Å². The van der Waals surface area contributed by atoms with Gasteiger partial charge in [-0.15, -0.1) is 0 Å². The van der Waals surface area contributed by atoms with Gasteiger partial charge in [0.1, 0.15) is 5.75 Å². The summed E-state index contributed by atoms with van der Waals surface area (Å²) in [7, 11) is 1.61. The highest BCUT2D eigenvalue weighted by Crippen LogP contribution is 2.15. The number of morpholine rings is 1. The molecule has 28 heavy (non-hydrogen) atoms. The van der Waals surface area contributed by atoms with Crippen LogP contribution >= 0.6 is 0 Å². The lowest BCUT2D eigenvalue weighted by atomic mass is 10.1. The Labute approximate surface area is 166 Å². The number of nitrogens with zero attached hydrogens (tertiary/aromatic N) is 1. The fraction of sp³-hybridized carbons (Fsp3) is 0.409. The zero-order valence-corrected chi connectivity index (χ0v) is 16.6. The van der Waals surface area contributed by atoms with Crippen molar-refractivity contribution >= 4 is 11.6 Å². The Morgan fingerprint density at radius 3 is 2.64 bits per heavy atom.